The number of benzene rings is 1. The number of carbonyl (C=O) groups excluding carboxylic acids is 1. The molecule has 0 aromatic heterocycles. The number of carbonyl (C=O) groups is 1. The van der Waals surface area contributed by atoms with Gasteiger partial charge in [0, 0.05) is 58.7 Å². The Balaban J connectivity index is 0.00000176. The first-order valence-electron chi connectivity index (χ1n) is 7.39. The van der Waals surface area contributed by atoms with E-state index in [1.165, 1.54) is 0 Å². The van der Waals surface area contributed by atoms with Crippen molar-refractivity contribution in [1.29, 1.82) is 0 Å². The predicted octanol–water partition coefficient (Wildman–Crippen LogP) is 3.48. The molecule has 22 heavy (non-hydrogen) atoms. The Morgan fingerprint density at radius 3 is 2.95 bits per heavy atom. The van der Waals surface area contributed by atoms with E-state index in [-0.39, 0.29) is 23.7 Å². The van der Waals surface area contributed by atoms with E-state index in [1.54, 1.807) is 0 Å². The number of fused-ring (bicyclic) bond motifs is 1. The minimum atomic E-state index is -0.0852. The molecule has 0 radical (unpaired) electrons. The Morgan fingerprint density at radius 1 is 1.50 bits per heavy atom. The normalized spacial score (nSPS) is 22.9. The van der Waals surface area contributed by atoms with Gasteiger partial charge in [-0.3, -0.25) is 4.79 Å². The molecular weight excluding hydrogens is 339 g/mol. The van der Waals surface area contributed by atoms with Crippen molar-refractivity contribution in [3.05, 3.63) is 28.8 Å². The Labute approximate surface area is 147 Å². The van der Waals surface area contributed by atoms with Gasteiger partial charge in [-0.2, -0.15) is 11.8 Å². The van der Waals surface area contributed by atoms with E-state index in [0.29, 0.717) is 19.0 Å². The van der Waals surface area contributed by atoms with Crippen molar-refractivity contribution in [2.45, 2.75) is 31.7 Å². The van der Waals surface area contributed by atoms with Crippen LogP contribution in [0.1, 0.15) is 25.8 Å². The van der Waals surface area contributed by atoms with Crippen molar-refractivity contribution in [3.8, 4) is 0 Å². The van der Waals surface area contributed by atoms with Gasteiger partial charge in [-0.05, 0) is 12.1 Å². The van der Waals surface area contributed by atoms with Crippen molar-refractivity contribution >= 4 is 47.4 Å². The largest absolute Gasteiger partial charge is 0.312 e. The Kier molecular flexibility index (Phi) is 5.70. The van der Waals surface area contributed by atoms with Gasteiger partial charge in [-0.15, -0.1) is 12.4 Å². The second kappa shape index (κ2) is 7.00. The number of halogens is 2. The van der Waals surface area contributed by atoms with Crippen molar-refractivity contribution in [2.24, 2.45) is 0 Å². The standard InChI is InChI=1S/C16H21ClN2OS.ClH/c1-16(2)10-19(13-5-3-4-12(17)15(13)16)14(20)8-11-9-21-7-6-18-11;/h3-5,11,18H,6-10H2,1-2H3;1H. The summed E-state index contributed by atoms with van der Waals surface area (Å²) in [6.45, 7) is 6.01. The summed E-state index contributed by atoms with van der Waals surface area (Å²) in [6, 6.07) is 6.15. The van der Waals surface area contributed by atoms with Crippen molar-refractivity contribution in [3.63, 3.8) is 0 Å². The lowest BCUT2D eigenvalue weighted by Crippen LogP contribution is -2.43. The number of hydrogen-bond acceptors (Lipinski definition) is 3. The van der Waals surface area contributed by atoms with Crippen LogP contribution < -0.4 is 10.2 Å². The van der Waals surface area contributed by atoms with Gasteiger partial charge >= 0.3 is 0 Å². The highest BCUT2D eigenvalue weighted by molar-refractivity contribution is 7.99. The molecule has 1 aromatic carbocycles. The van der Waals surface area contributed by atoms with Crippen LogP contribution in [0.2, 0.25) is 5.02 Å². The average molecular weight is 361 g/mol. The van der Waals surface area contributed by atoms with Crippen LogP contribution in [-0.2, 0) is 10.2 Å². The number of amides is 1. The summed E-state index contributed by atoms with van der Waals surface area (Å²) in [6.07, 6.45) is 0.565. The highest BCUT2D eigenvalue weighted by Gasteiger charge is 2.39. The van der Waals surface area contributed by atoms with Crippen LogP contribution in [0.15, 0.2) is 18.2 Å². The SMILES string of the molecule is CC1(C)CN(C(=O)CC2CSCCN2)c2cccc(Cl)c21.Cl. The lowest BCUT2D eigenvalue weighted by Gasteiger charge is -2.26. The molecule has 1 N–H and O–H groups in total. The fourth-order valence-corrected chi connectivity index (χ4v) is 4.64. The molecule has 1 amide bonds. The zero-order valence-corrected chi connectivity index (χ0v) is 15.3. The number of nitrogens with one attached hydrogen (secondary N) is 1. The van der Waals surface area contributed by atoms with Crippen molar-refractivity contribution in [1.82, 2.24) is 5.32 Å². The molecule has 2 aliphatic heterocycles. The third-order valence-electron chi connectivity index (χ3n) is 4.23. The zero-order valence-electron chi connectivity index (χ0n) is 12.9. The minimum absolute atomic E-state index is 0. The summed E-state index contributed by atoms with van der Waals surface area (Å²) in [5.41, 5.74) is 2.00. The first-order valence-corrected chi connectivity index (χ1v) is 8.93. The fraction of sp³-hybridized carbons (Fsp3) is 0.562. The number of nitrogens with zero attached hydrogens (tertiary/aromatic N) is 1. The first-order chi connectivity index (χ1) is 9.99. The van der Waals surface area contributed by atoms with Crippen LogP contribution >= 0.6 is 35.8 Å². The minimum Gasteiger partial charge on any atom is -0.312 e. The molecule has 3 rings (SSSR count). The second-order valence-electron chi connectivity index (χ2n) is 6.43. The number of thioether (sulfide) groups is 1. The highest BCUT2D eigenvalue weighted by Crippen LogP contribution is 2.44. The summed E-state index contributed by atoms with van der Waals surface area (Å²) in [4.78, 5) is 14.6. The third kappa shape index (κ3) is 3.40. The predicted molar refractivity (Wildman–Crippen MR) is 97.8 cm³/mol. The van der Waals surface area contributed by atoms with Gasteiger partial charge in [0.05, 0.1) is 0 Å². The molecule has 1 aromatic rings. The summed E-state index contributed by atoms with van der Waals surface area (Å²) >= 11 is 8.28. The van der Waals surface area contributed by atoms with E-state index in [1.807, 2.05) is 34.9 Å². The van der Waals surface area contributed by atoms with Gasteiger partial charge in [0.1, 0.15) is 0 Å². The van der Waals surface area contributed by atoms with E-state index in [9.17, 15) is 4.79 Å². The molecule has 2 heterocycles. The lowest BCUT2D eigenvalue weighted by atomic mass is 9.87. The van der Waals surface area contributed by atoms with Gasteiger partial charge in [0.25, 0.3) is 0 Å². The maximum atomic E-state index is 12.7. The van der Waals surface area contributed by atoms with Gasteiger partial charge in [-0.1, -0.05) is 31.5 Å². The van der Waals surface area contributed by atoms with Crippen molar-refractivity contribution in [2.75, 3.05) is 29.5 Å². The summed E-state index contributed by atoms with van der Waals surface area (Å²) in [5, 5.41) is 4.20. The molecule has 1 unspecified atom stereocenters. The van der Waals surface area contributed by atoms with Gasteiger partial charge in [-0.25, -0.2) is 0 Å². The van der Waals surface area contributed by atoms with E-state index >= 15 is 0 Å². The molecule has 0 saturated carbocycles. The molecule has 0 spiro atoms. The molecule has 0 aliphatic carbocycles. The Morgan fingerprint density at radius 2 is 2.27 bits per heavy atom. The second-order valence-corrected chi connectivity index (χ2v) is 7.98. The zero-order chi connectivity index (χ0) is 15.0. The molecule has 122 valence electrons. The monoisotopic (exact) mass is 360 g/mol. The highest BCUT2D eigenvalue weighted by atomic mass is 35.5. The quantitative estimate of drug-likeness (QED) is 0.875. The third-order valence-corrected chi connectivity index (χ3v) is 5.68. The topological polar surface area (TPSA) is 32.3 Å². The van der Waals surface area contributed by atoms with Gasteiger partial charge in [0.15, 0.2) is 0 Å². The number of hydrogen-bond donors (Lipinski definition) is 1. The molecule has 2 aliphatic rings. The van der Waals surface area contributed by atoms with E-state index in [2.05, 4.69) is 19.2 Å². The summed E-state index contributed by atoms with van der Waals surface area (Å²) in [5.74, 6) is 2.36. The summed E-state index contributed by atoms with van der Waals surface area (Å²) < 4.78 is 0. The molecule has 1 fully saturated rings. The maximum Gasteiger partial charge on any atom is 0.228 e. The molecule has 3 nitrogen and oxygen atoms in total. The maximum absolute atomic E-state index is 12.7. The Hall–Kier alpha value is -0.420. The smallest absolute Gasteiger partial charge is 0.228 e. The molecule has 1 atom stereocenters. The van der Waals surface area contributed by atoms with Crippen LogP contribution in [-0.4, -0.2) is 36.5 Å². The van der Waals surface area contributed by atoms with Gasteiger partial charge in [0.2, 0.25) is 5.91 Å². The van der Waals surface area contributed by atoms with Crippen LogP contribution in [0.5, 0.6) is 0 Å². The number of anilines is 1. The lowest BCUT2D eigenvalue weighted by molar-refractivity contribution is -0.119. The van der Waals surface area contributed by atoms with Gasteiger partial charge < -0.3 is 10.2 Å². The van der Waals surface area contributed by atoms with Crippen LogP contribution in [0.3, 0.4) is 0 Å². The van der Waals surface area contributed by atoms with Crippen LogP contribution in [0, 0.1) is 0 Å². The molecule has 6 heteroatoms. The molecular formula is C16H22Cl2N2OS. The fourth-order valence-electron chi connectivity index (χ4n) is 3.26. The Bertz CT molecular complexity index is 559. The average Bonchev–Trinajstić information content (AvgIpc) is 2.73. The first kappa shape index (κ1) is 17.9. The molecule has 0 bridgehead atoms. The van der Waals surface area contributed by atoms with E-state index in [4.69, 9.17) is 11.6 Å². The molecule has 1 saturated heterocycles. The van der Waals surface area contributed by atoms with E-state index in [0.717, 1.165) is 34.3 Å². The van der Waals surface area contributed by atoms with Crippen molar-refractivity contribution < 1.29 is 4.79 Å². The van der Waals surface area contributed by atoms with Crippen LogP contribution in [0.4, 0.5) is 5.69 Å². The van der Waals surface area contributed by atoms with Crippen LogP contribution in [0.25, 0.3) is 0 Å². The summed E-state index contributed by atoms with van der Waals surface area (Å²) in [7, 11) is 0. The van der Waals surface area contributed by atoms with E-state index < -0.39 is 0 Å². The number of rotatable bonds is 2.